The van der Waals surface area contributed by atoms with Gasteiger partial charge in [-0.2, -0.15) is 0 Å². The van der Waals surface area contributed by atoms with Crippen molar-refractivity contribution in [2.45, 2.75) is 25.6 Å². The van der Waals surface area contributed by atoms with Gasteiger partial charge in [0.25, 0.3) is 0 Å². The zero-order valence-corrected chi connectivity index (χ0v) is 12.6. The van der Waals surface area contributed by atoms with Gasteiger partial charge in [0.1, 0.15) is 11.5 Å². The molecule has 5 heteroatoms. The second-order valence-corrected chi connectivity index (χ2v) is 5.32. The van der Waals surface area contributed by atoms with E-state index < -0.39 is 6.29 Å². The molecule has 3 rings (SSSR count). The number of aromatic nitrogens is 1. The van der Waals surface area contributed by atoms with Crippen LogP contribution in [0.3, 0.4) is 0 Å². The minimum atomic E-state index is -0.447. The SMILES string of the molecule is COC(OC)c1nc2c(cc1C1=CCOCC1)CCCN2. The molecule has 0 radical (unpaired) electrons. The van der Waals surface area contributed by atoms with Crippen molar-refractivity contribution in [1.29, 1.82) is 0 Å². The van der Waals surface area contributed by atoms with Gasteiger partial charge in [0.05, 0.1) is 13.2 Å². The lowest BCUT2D eigenvalue weighted by Crippen LogP contribution is -2.18. The molecule has 114 valence electrons. The fourth-order valence-electron chi connectivity index (χ4n) is 2.93. The molecule has 2 aliphatic rings. The summed E-state index contributed by atoms with van der Waals surface area (Å²) in [6.45, 7) is 2.39. The Morgan fingerprint density at radius 3 is 2.86 bits per heavy atom. The summed E-state index contributed by atoms with van der Waals surface area (Å²) in [5.74, 6) is 0.965. The van der Waals surface area contributed by atoms with Gasteiger partial charge >= 0.3 is 0 Å². The predicted molar refractivity (Wildman–Crippen MR) is 81.2 cm³/mol. The number of pyridine rings is 1. The molecule has 3 heterocycles. The molecule has 2 aliphatic heterocycles. The fraction of sp³-hybridized carbons (Fsp3) is 0.562. The molecule has 1 N–H and O–H groups in total. The highest BCUT2D eigenvalue weighted by Gasteiger charge is 2.23. The molecular formula is C16H22N2O3. The van der Waals surface area contributed by atoms with Crippen LogP contribution >= 0.6 is 0 Å². The van der Waals surface area contributed by atoms with Crippen LogP contribution in [0.2, 0.25) is 0 Å². The second kappa shape index (κ2) is 6.56. The topological polar surface area (TPSA) is 52.6 Å². The van der Waals surface area contributed by atoms with Crippen molar-refractivity contribution in [2.75, 3.05) is 39.3 Å². The van der Waals surface area contributed by atoms with Crippen molar-refractivity contribution < 1.29 is 14.2 Å². The van der Waals surface area contributed by atoms with Crippen LogP contribution in [0.5, 0.6) is 0 Å². The van der Waals surface area contributed by atoms with Crippen LogP contribution in [0.4, 0.5) is 5.82 Å². The fourth-order valence-corrected chi connectivity index (χ4v) is 2.93. The van der Waals surface area contributed by atoms with Crippen LogP contribution in [-0.2, 0) is 20.6 Å². The molecule has 0 unspecified atom stereocenters. The van der Waals surface area contributed by atoms with Gasteiger partial charge in [0, 0.05) is 26.3 Å². The van der Waals surface area contributed by atoms with Crippen molar-refractivity contribution in [3.05, 3.63) is 29.0 Å². The van der Waals surface area contributed by atoms with E-state index >= 15 is 0 Å². The molecule has 5 nitrogen and oxygen atoms in total. The van der Waals surface area contributed by atoms with Crippen molar-refractivity contribution >= 4 is 11.4 Å². The maximum absolute atomic E-state index is 5.44. The van der Waals surface area contributed by atoms with Gasteiger partial charge in [-0.05, 0) is 36.5 Å². The van der Waals surface area contributed by atoms with Crippen LogP contribution < -0.4 is 5.32 Å². The largest absolute Gasteiger partial charge is 0.377 e. The Balaban J connectivity index is 2.08. The lowest BCUT2D eigenvalue weighted by Gasteiger charge is -2.25. The highest BCUT2D eigenvalue weighted by Crippen LogP contribution is 2.33. The monoisotopic (exact) mass is 290 g/mol. The van der Waals surface area contributed by atoms with Gasteiger partial charge < -0.3 is 19.5 Å². The quantitative estimate of drug-likeness (QED) is 0.864. The van der Waals surface area contributed by atoms with Gasteiger partial charge in [0.15, 0.2) is 0 Å². The van der Waals surface area contributed by atoms with Gasteiger partial charge in [-0.25, -0.2) is 4.98 Å². The maximum atomic E-state index is 5.44. The van der Waals surface area contributed by atoms with Gasteiger partial charge in [-0.1, -0.05) is 6.08 Å². The number of aryl methyl sites for hydroxylation is 1. The first kappa shape index (κ1) is 14.5. The molecule has 0 atom stereocenters. The first-order valence-corrected chi connectivity index (χ1v) is 7.44. The van der Waals surface area contributed by atoms with Crippen molar-refractivity contribution in [3.63, 3.8) is 0 Å². The normalized spacial score (nSPS) is 18.1. The number of nitrogens with one attached hydrogen (secondary N) is 1. The molecule has 1 aromatic rings. The standard InChI is InChI=1S/C16H22N2O3/c1-19-16(20-2)14-13(11-5-8-21-9-6-11)10-12-4-3-7-17-15(12)18-14/h5,10,16H,3-4,6-9H2,1-2H3,(H,17,18). The molecule has 0 amide bonds. The molecular weight excluding hydrogens is 268 g/mol. The van der Waals surface area contributed by atoms with Crippen molar-refractivity contribution in [1.82, 2.24) is 4.98 Å². The van der Waals surface area contributed by atoms with E-state index in [9.17, 15) is 0 Å². The number of hydrogen-bond acceptors (Lipinski definition) is 5. The van der Waals surface area contributed by atoms with E-state index in [1.54, 1.807) is 14.2 Å². The maximum Gasteiger partial charge on any atom is 0.201 e. The molecule has 0 saturated heterocycles. The molecule has 0 fully saturated rings. The lowest BCUT2D eigenvalue weighted by atomic mass is 9.95. The minimum Gasteiger partial charge on any atom is -0.377 e. The number of ether oxygens (including phenoxy) is 3. The highest BCUT2D eigenvalue weighted by atomic mass is 16.7. The van der Waals surface area contributed by atoms with E-state index in [0.29, 0.717) is 6.61 Å². The van der Waals surface area contributed by atoms with Crippen LogP contribution in [0.1, 0.15) is 36.0 Å². The first-order chi connectivity index (χ1) is 10.3. The second-order valence-electron chi connectivity index (χ2n) is 5.32. The molecule has 0 bridgehead atoms. The van der Waals surface area contributed by atoms with E-state index in [1.807, 2.05) is 0 Å². The van der Waals surface area contributed by atoms with E-state index in [0.717, 1.165) is 49.5 Å². The van der Waals surface area contributed by atoms with Crippen LogP contribution in [0.25, 0.3) is 5.57 Å². The van der Waals surface area contributed by atoms with E-state index in [4.69, 9.17) is 19.2 Å². The van der Waals surface area contributed by atoms with Gasteiger partial charge in [0.2, 0.25) is 6.29 Å². The zero-order chi connectivity index (χ0) is 14.7. The third-order valence-electron chi connectivity index (χ3n) is 4.01. The summed E-state index contributed by atoms with van der Waals surface area (Å²) in [4.78, 5) is 4.79. The average Bonchev–Trinajstić information content (AvgIpc) is 2.56. The third-order valence-corrected chi connectivity index (χ3v) is 4.01. The molecule has 0 spiro atoms. The van der Waals surface area contributed by atoms with Crippen LogP contribution in [-0.4, -0.2) is 39.0 Å². The number of hydrogen-bond donors (Lipinski definition) is 1. The Morgan fingerprint density at radius 1 is 1.29 bits per heavy atom. The Labute approximate surface area is 125 Å². The first-order valence-electron chi connectivity index (χ1n) is 7.44. The average molecular weight is 290 g/mol. The Hall–Kier alpha value is -1.43. The number of anilines is 1. The number of methoxy groups -OCH3 is 2. The zero-order valence-electron chi connectivity index (χ0n) is 12.6. The molecule has 0 saturated carbocycles. The van der Waals surface area contributed by atoms with Gasteiger partial charge in [-0.15, -0.1) is 0 Å². The summed E-state index contributed by atoms with van der Waals surface area (Å²) in [6, 6.07) is 2.24. The summed E-state index contributed by atoms with van der Waals surface area (Å²) >= 11 is 0. The van der Waals surface area contributed by atoms with Crippen LogP contribution in [0.15, 0.2) is 12.1 Å². The minimum absolute atomic E-state index is 0.447. The third kappa shape index (κ3) is 2.95. The summed E-state index contributed by atoms with van der Waals surface area (Å²) in [5, 5.41) is 3.37. The molecule has 1 aromatic heterocycles. The summed E-state index contributed by atoms with van der Waals surface area (Å²) in [5.41, 5.74) is 4.53. The molecule has 0 aliphatic carbocycles. The highest BCUT2D eigenvalue weighted by molar-refractivity contribution is 5.70. The van der Waals surface area contributed by atoms with E-state index in [2.05, 4.69) is 17.5 Å². The summed E-state index contributed by atoms with van der Waals surface area (Å²) in [7, 11) is 3.29. The Morgan fingerprint density at radius 2 is 2.14 bits per heavy atom. The Bertz CT molecular complexity index is 539. The number of fused-ring (bicyclic) bond motifs is 1. The molecule has 0 aromatic carbocycles. The number of rotatable bonds is 4. The summed E-state index contributed by atoms with van der Waals surface area (Å²) < 4.78 is 16.3. The predicted octanol–water partition coefficient (Wildman–Crippen LogP) is 2.53. The van der Waals surface area contributed by atoms with E-state index in [1.165, 1.54) is 11.1 Å². The molecule has 21 heavy (non-hydrogen) atoms. The lowest BCUT2D eigenvalue weighted by molar-refractivity contribution is -0.108. The van der Waals surface area contributed by atoms with Crippen molar-refractivity contribution in [3.8, 4) is 0 Å². The van der Waals surface area contributed by atoms with Crippen molar-refractivity contribution in [2.24, 2.45) is 0 Å². The number of nitrogens with zero attached hydrogens (tertiary/aromatic N) is 1. The van der Waals surface area contributed by atoms with E-state index in [-0.39, 0.29) is 0 Å². The Kier molecular flexibility index (Phi) is 4.53. The van der Waals surface area contributed by atoms with Gasteiger partial charge in [-0.3, -0.25) is 0 Å². The van der Waals surface area contributed by atoms with Crippen LogP contribution in [0, 0.1) is 0 Å². The smallest absolute Gasteiger partial charge is 0.201 e. The summed E-state index contributed by atoms with van der Waals surface area (Å²) in [6.07, 6.45) is 4.80.